The van der Waals surface area contributed by atoms with Crippen molar-refractivity contribution in [3.8, 4) is 0 Å². The molecule has 3 N–H and O–H groups in total. The first-order valence-electron chi connectivity index (χ1n) is 18.2. The van der Waals surface area contributed by atoms with Crippen LogP contribution in [0.25, 0.3) is 10.9 Å². The molecule has 0 aliphatic carbocycles. The number of hydrogen-bond donors (Lipinski definition) is 3. The van der Waals surface area contributed by atoms with E-state index in [2.05, 4.69) is 36.7 Å². The van der Waals surface area contributed by atoms with Crippen LogP contribution >= 0.6 is 0 Å². The van der Waals surface area contributed by atoms with Crippen molar-refractivity contribution in [3.05, 3.63) is 82.9 Å². The van der Waals surface area contributed by atoms with E-state index < -0.39 is 17.2 Å². The van der Waals surface area contributed by atoms with Crippen LogP contribution in [0.5, 0.6) is 0 Å². The zero-order chi connectivity index (χ0) is 36.4. The lowest BCUT2D eigenvalue weighted by molar-refractivity contribution is -0.0123. The molecule has 0 radical (unpaired) electrons. The SMILES string of the molecule is CC(C)(C)OC(=O)N1CCC1CN1CCN(c2ccc(C(=O)Nc3n[nH]c4ccc(Cc5cc(F)cc(F)c5)cc34)c(NC3CCOCC3)c2)CC1. The summed E-state index contributed by atoms with van der Waals surface area (Å²) in [5.41, 5.74) is 3.85. The van der Waals surface area contributed by atoms with Crippen molar-refractivity contribution >= 4 is 40.1 Å². The number of carbonyl (C=O) groups is 2. The smallest absolute Gasteiger partial charge is 0.410 e. The number of H-pyrrole nitrogens is 1. The summed E-state index contributed by atoms with van der Waals surface area (Å²) in [4.78, 5) is 33.1. The number of benzene rings is 3. The number of rotatable bonds is 9. The van der Waals surface area contributed by atoms with Crippen molar-refractivity contribution < 1.29 is 27.8 Å². The summed E-state index contributed by atoms with van der Waals surface area (Å²) in [6.07, 6.45) is 2.75. The minimum absolute atomic E-state index is 0.171. The van der Waals surface area contributed by atoms with Gasteiger partial charge in [0.05, 0.1) is 11.1 Å². The molecule has 1 unspecified atom stereocenters. The Morgan fingerprint density at radius 2 is 1.67 bits per heavy atom. The fourth-order valence-electron chi connectivity index (χ4n) is 7.18. The molecule has 3 aliphatic heterocycles. The summed E-state index contributed by atoms with van der Waals surface area (Å²) in [7, 11) is 0. The number of ether oxygens (including phenoxy) is 2. The number of nitrogens with zero attached hydrogens (tertiary/aromatic N) is 4. The van der Waals surface area contributed by atoms with E-state index >= 15 is 0 Å². The molecule has 0 spiro atoms. The Morgan fingerprint density at radius 1 is 0.923 bits per heavy atom. The number of halogens is 2. The van der Waals surface area contributed by atoms with Gasteiger partial charge >= 0.3 is 6.09 Å². The summed E-state index contributed by atoms with van der Waals surface area (Å²) in [5.74, 6) is -1.17. The number of aromatic nitrogens is 2. The van der Waals surface area contributed by atoms with Crippen LogP contribution in [-0.4, -0.2) is 102 Å². The van der Waals surface area contributed by atoms with Crippen LogP contribution < -0.4 is 15.5 Å². The first kappa shape index (κ1) is 35.6. The zero-order valence-corrected chi connectivity index (χ0v) is 30.0. The molecule has 3 fully saturated rings. The van der Waals surface area contributed by atoms with Gasteiger partial charge in [0.15, 0.2) is 5.82 Å². The highest BCUT2D eigenvalue weighted by molar-refractivity contribution is 6.11. The molecule has 52 heavy (non-hydrogen) atoms. The lowest BCUT2D eigenvalue weighted by Crippen LogP contribution is -2.59. The van der Waals surface area contributed by atoms with E-state index in [0.717, 1.165) is 87.1 Å². The Labute approximate surface area is 302 Å². The average Bonchev–Trinajstić information content (AvgIpc) is 3.47. The Morgan fingerprint density at radius 3 is 2.37 bits per heavy atom. The van der Waals surface area contributed by atoms with Crippen LogP contribution in [0, 0.1) is 11.6 Å². The third-order valence-corrected chi connectivity index (χ3v) is 10.00. The maximum absolute atomic E-state index is 13.9. The van der Waals surface area contributed by atoms with Gasteiger partial charge in [-0.1, -0.05) is 6.07 Å². The fraction of sp³-hybridized carbons (Fsp3) is 0.462. The number of amides is 2. The van der Waals surface area contributed by atoms with Crippen molar-refractivity contribution in [1.29, 1.82) is 0 Å². The second-order valence-electron chi connectivity index (χ2n) is 15.0. The van der Waals surface area contributed by atoms with Crippen LogP contribution in [0.3, 0.4) is 0 Å². The first-order valence-corrected chi connectivity index (χ1v) is 18.2. The van der Waals surface area contributed by atoms with E-state index in [4.69, 9.17) is 9.47 Å². The maximum Gasteiger partial charge on any atom is 0.410 e. The molecule has 1 aromatic heterocycles. The molecule has 0 bridgehead atoms. The molecule has 0 saturated carbocycles. The number of hydrogen-bond acceptors (Lipinski definition) is 8. The van der Waals surface area contributed by atoms with Crippen molar-refractivity contribution in [2.75, 3.05) is 68.0 Å². The van der Waals surface area contributed by atoms with Crippen LogP contribution in [0.2, 0.25) is 0 Å². The molecule has 13 heteroatoms. The van der Waals surface area contributed by atoms with Crippen molar-refractivity contribution in [3.63, 3.8) is 0 Å². The minimum atomic E-state index is -0.622. The number of nitrogens with one attached hydrogen (secondary N) is 3. The van der Waals surface area contributed by atoms with E-state index in [-0.39, 0.29) is 24.1 Å². The average molecular weight is 716 g/mol. The predicted octanol–water partition coefficient (Wildman–Crippen LogP) is 6.41. The lowest BCUT2D eigenvalue weighted by atomic mass is 10.0. The molecule has 1 atom stereocenters. The van der Waals surface area contributed by atoms with Crippen LogP contribution in [0.1, 0.15) is 61.5 Å². The molecule has 4 aromatic rings. The second kappa shape index (κ2) is 15.1. The molecular formula is C39H47F2N7O4. The standard InChI is InChI=1S/C39H47F2N7O4/c1-39(2,3)52-38(50)48-11-8-31(48)24-46-12-14-47(15-13-46)30-5-6-32(35(23-30)42-29-9-16-51-17-10-29)37(49)43-36-33-21-25(4-7-34(33)44-45-36)18-26-19-27(40)22-28(41)20-26/h4-7,19-23,29,31,42H,8-18,24H2,1-3H3,(H2,43,44,45,49). The van der Waals surface area contributed by atoms with Gasteiger partial charge < -0.3 is 29.9 Å². The largest absolute Gasteiger partial charge is 0.444 e. The topological polar surface area (TPSA) is 115 Å². The van der Waals surface area contributed by atoms with E-state index in [0.29, 0.717) is 42.0 Å². The Kier molecular flexibility index (Phi) is 10.3. The van der Waals surface area contributed by atoms with E-state index in [9.17, 15) is 18.4 Å². The molecule has 11 nitrogen and oxygen atoms in total. The summed E-state index contributed by atoms with van der Waals surface area (Å²) >= 11 is 0. The highest BCUT2D eigenvalue weighted by Crippen LogP contribution is 2.30. The van der Waals surface area contributed by atoms with Gasteiger partial charge in [-0.3, -0.25) is 14.8 Å². The van der Waals surface area contributed by atoms with Gasteiger partial charge in [0.2, 0.25) is 0 Å². The summed E-state index contributed by atoms with van der Waals surface area (Å²) in [5, 5.41) is 14.7. The molecule has 276 valence electrons. The molecule has 2 amide bonds. The third kappa shape index (κ3) is 8.47. The number of aromatic amines is 1. The Bertz CT molecular complexity index is 1890. The van der Waals surface area contributed by atoms with Gasteiger partial charge in [-0.25, -0.2) is 13.6 Å². The molecule has 3 saturated heterocycles. The third-order valence-electron chi connectivity index (χ3n) is 10.00. The van der Waals surface area contributed by atoms with Crippen LogP contribution in [-0.2, 0) is 15.9 Å². The second-order valence-corrected chi connectivity index (χ2v) is 15.0. The van der Waals surface area contributed by atoms with Gasteiger partial charge in [-0.05, 0) is 100 Å². The molecule has 4 heterocycles. The highest BCUT2D eigenvalue weighted by atomic mass is 19.1. The molecule has 3 aromatic carbocycles. The number of likely N-dealkylation sites (tertiary alicyclic amines) is 1. The van der Waals surface area contributed by atoms with Gasteiger partial charge in [0.1, 0.15) is 17.2 Å². The number of fused-ring (bicyclic) bond motifs is 1. The predicted molar refractivity (Wildman–Crippen MR) is 197 cm³/mol. The van der Waals surface area contributed by atoms with Gasteiger partial charge in [0.25, 0.3) is 5.91 Å². The lowest BCUT2D eigenvalue weighted by Gasteiger charge is -2.45. The monoisotopic (exact) mass is 715 g/mol. The Hall–Kier alpha value is -4.75. The van der Waals surface area contributed by atoms with Gasteiger partial charge in [0, 0.05) is 87.4 Å². The highest BCUT2D eigenvalue weighted by Gasteiger charge is 2.36. The first-order chi connectivity index (χ1) is 25.0. The van der Waals surface area contributed by atoms with Gasteiger partial charge in [-0.15, -0.1) is 0 Å². The summed E-state index contributed by atoms with van der Waals surface area (Å²) in [6.45, 7) is 12.0. The van der Waals surface area contributed by atoms with Crippen molar-refractivity contribution in [2.45, 2.75) is 64.1 Å². The fourth-order valence-corrected chi connectivity index (χ4v) is 7.18. The van der Waals surface area contributed by atoms with Crippen LogP contribution in [0.15, 0.2) is 54.6 Å². The number of carbonyl (C=O) groups excluding carboxylic acids is 2. The summed E-state index contributed by atoms with van der Waals surface area (Å²) in [6, 6.07) is 15.4. The normalized spacial score (nSPS) is 18.7. The van der Waals surface area contributed by atoms with Gasteiger partial charge in [-0.2, -0.15) is 5.10 Å². The van der Waals surface area contributed by atoms with E-state index in [1.165, 1.54) is 12.1 Å². The number of piperazine rings is 1. The Balaban J connectivity index is 1.04. The van der Waals surface area contributed by atoms with E-state index in [1.807, 2.05) is 56.0 Å². The summed E-state index contributed by atoms with van der Waals surface area (Å²) < 4.78 is 38.8. The molecule has 7 rings (SSSR count). The number of anilines is 3. The van der Waals surface area contributed by atoms with E-state index in [1.54, 1.807) is 0 Å². The van der Waals surface area contributed by atoms with Crippen molar-refractivity contribution in [2.24, 2.45) is 0 Å². The quantitative estimate of drug-likeness (QED) is 0.182. The zero-order valence-electron chi connectivity index (χ0n) is 30.0. The van der Waals surface area contributed by atoms with Crippen molar-refractivity contribution in [1.82, 2.24) is 20.0 Å². The minimum Gasteiger partial charge on any atom is -0.444 e. The van der Waals surface area contributed by atoms with Crippen LogP contribution in [0.4, 0.5) is 30.8 Å². The maximum atomic E-state index is 13.9. The molecule has 3 aliphatic rings. The molecular weight excluding hydrogens is 668 g/mol.